The standard InChI is InChI=1S/C10H20N4/c1-10(2,3)14-8-9(12-13-14)6-4-5-7-11/h8H,4-7,11H2,1-3H3. The highest BCUT2D eigenvalue weighted by molar-refractivity contribution is 4.94. The van der Waals surface area contributed by atoms with Gasteiger partial charge in [-0.2, -0.15) is 0 Å². The van der Waals surface area contributed by atoms with Crippen LogP contribution >= 0.6 is 0 Å². The Balaban J connectivity index is 2.51. The molecule has 0 saturated carbocycles. The van der Waals surface area contributed by atoms with Crippen molar-refractivity contribution in [3.05, 3.63) is 11.9 Å². The van der Waals surface area contributed by atoms with Gasteiger partial charge in [-0.25, -0.2) is 4.68 Å². The summed E-state index contributed by atoms with van der Waals surface area (Å²) in [6, 6.07) is 0. The third kappa shape index (κ3) is 3.10. The molecule has 1 aromatic heterocycles. The van der Waals surface area contributed by atoms with Crippen molar-refractivity contribution in [2.45, 2.75) is 45.6 Å². The molecule has 4 heteroatoms. The molecule has 2 N–H and O–H groups in total. The second-order valence-corrected chi connectivity index (χ2v) is 4.57. The Labute approximate surface area is 85.5 Å². The molecule has 0 spiro atoms. The molecular formula is C10H20N4. The summed E-state index contributed by atoms with van der Waals surface area (Å²) in [5.74, 6) is 0. The molecule has 0 amide bonds. The molecule has 0 saturated heterocycles. The maximum absolute atomic E-state index is 5.43. The average molecular weight is 196 g/mol. The van der Waals surface area contributed by atoms with Crippen LogP contribution in [0.4, 0.5) is 0 Å². The zero-order valence-electron chi connectivity index (χ0n) is 9.32. The van der Waals surface area contributed by atoms with Gasteiger partial charge < -0.3 is 5.73 Å². The van der Waals surface area contributed by atoms with Crippen LogP contribution in [0.25, 0.3) is 0 Å². The van der Waals surface area contributed by atoms with E-state index in [1.165, 1.54) is 0 Å². The topological polar surface area (TPSA) is 56.7 Å². The van der Waals surface area contributed by atoms with Gasteiger partial charge in [-0.1, -0.05) is 5.21 Å². The quantitative estimate of drug-likeness (QED) is 0.739. The van der Waals surface area contributed by atoms with Gasteiger partial charge in [0, 0.05) is 6.20 Å². The first-order valence-electron chi connectivity index (χ1n) is 5.16. The maximum atomic E-state index is 5.43. The van der Waals surface area contributed by atoms with Gasteiger partial charge in [0.1, 0.15) is 0 Å². The number of hydrogen-bond donors (Lipinski definition) is 1. The first-order chi connectivity index (χ1) is 6.54. The molecule has 0 atom stereocenters. The van der Waals surface area contributed by atoms with Crippen LogP contribution in [-0.4, -0.2) is 21.5 Å². The summed E-state index contributed by atoms with van der Waals surface area (Å²) < 4.78 is 1.91. The number of nitrogens with two attached hydrogens (primary N) is 1. The number of rotatable bonds is 4. The molecule has 1 heterocycles. The fourth-order valence-corrected chi connectivity index (χ4v) is 1.19. The van der Waals surface area contributed by atoms with Crippen molar-refractivity contribution in [3.8, 4) is 0 Å². The van der Waals surface area contributed by atoms with Gasteiger partial charge in [0.2, 0.25) is 0 Å². The molecule has 0 radical (unpaired) electrons. The molecule has 0 aliphatic rings. The molecular weight excluding hydrogens is 176 g/mol. The first-order valence-corrected chi connectivity index (χ1v) is 5.16. The van der Waals surface area contributed by atoms with Gasteiger partial charge in [-0.15, -0.1) is 5.10 Å². The summed E-state index contributed by atoms with van der Waals surface area (Å²) in [6.07, 6.45) is 5.16. The van der Waals surface area contributed by atoms with E-state index in [0.29, 0.717) is 0 Å². The van der Waals surface area contributed by atoms with E-state index in [0.717, 1.165) is 31.5 Å². The Bertz CT molecular complexity index is 272. The Morgan fingerprint density at radius 2 is 2.07 bits per heavy atom. The lowest BCUT2D eigenvalue weighted by atomic mass is 10.1. The van der Waals surface area contributed by atoms with Crippen molar-refractivity contribution in [1.82, 2.24) is 15.0 Å². The molecule has 14 heavy (non-hydrogen) atoms. The van der Waals surface area contributed by atoms with Gasteiger partial charge in [0.15, 0.2) is 0 Å². The monoisotopic (exact) mass is 196 g/mol. The second kappa shape index (κ2) is 4.55. The van der Waals surface area contributed by atoms with Gasteiger partial charge in [0.05, 0.1) is 11.2 Å². The lowest BCUT2D eigenvalue weighted by Gasteiger charge is -2.17. The summed E-state index contributed by atoms with van der Waals surface area (Å²) in [5, 5.41) is 8.23. The zero-order valence-corrected chi connectivity index (χ0v) is 9.32. The van der Waals surface area contributed by atoms with E-state index >= 15 is 0 Å². The van der Waals surface area contributed by atoms with E-state index in [4.69, 9.17) is 5.73 Å². The second-order valence-electron chi connectivity index (χ2n) is 4.57. The van der Waals surface area contributed by atoms with Crippen molar-refractivity contribution in [3.63, 3.8) is 0 Å². The summed E-state index contributed by atoms with van der Waals surface area (Å²) in [4.78, 5) is 0. The van der Waals surface area contributed by atoms with Gasteiger partial charge in [-0.3, -0.25) is 0 Å². The Hall–Kier alpha value is -0.900. The number of aryl methyl sites for hydroxylation is 1. The fraction of sp³-hybridized carbons (Fsp3) is 0.800. The summed E-state index contributed by atoms with van der Waals surface area (Å²) in [5.41, 5.74) is 6.52. The van der Waals surface area contributed by atoms with Crippen molar-refractivity contribution in [1.29, 1.82) is 0 Å². The van der Waals surface area contributed by atoms with Crippen LogP contribution in [0.1, 0.15) is 39.3 Å². The van der Waals surface area contributed by atoms with Gasteiger partial charge in [-0.05, 0) is 46.6 Å². The highest BCUT2D eigenvalue weighted by atomic mass is 15.4. The van der Waals surface area contributed by atoms with Gasteiger partial charge in [0.25, 0.3) is 0 Å². The van der Waals surface area contributed by atoms with Crippen molar-refractivity contribution in [2.24, 2.45) is 5.73 Å². The average Bonchev–Trinajstić information content (AvgIpc) is 2.52. The Morgan fingerprint density at radius 1 is 1.36 bits per heavy atom. The molecule has 1 rings (SSSR count). The Morgan fingerprint density at radius 3 is 2.57 bits per heavy atom. The summed E-state index contributed by atoms with van der Waals surface area (Å²) in [7, 11) is 0. The lowest BCUT2D eigenvalue weighted by Crippen LogP contribution is -2.22. The number of aromatic nitrogens is 3. The van der Waals surface area contributed by atoms with Gasteiger partial charge >= 0.3 is 0 Å². The van der Waals surface area contributed by atoms with Crippen LogP contribution < -0.4 is 5.73 Å². The predicted octanol–water partition coefficient (Wildman–Crippen LogP) is 1.31. The molecule has 0 fully saturated rings. The number of nitrogens with zero attached hydrogens (tertiary/aromatic N) is 3. The minimum atomic E-state index is 0.0269. The van der Waals surface area contributed by atoms with Crippen LogP contribution in [0.5, 0.6) is 0 Å². The van der Waals surface area contributed by atoms with E-state index in [1.54, 1.807) is 0 Å². The summed E-state index contributed by atoms with van der Waals surface area (Å²) >= 11 is 0. The molecule has 80 valence electrons. The molecule has 0 aromatic carbocycles. The highest BCUT2D eigenvalue weighted by Gasteiger charge is 2.14. The van der Waals surface area contributed by atoms with Crippen molar-refractivity contribution >= 4 is 0 Å². The number of hydrogen-bond acceptors (Lipinski definition) is 3. The zero-order chi connectivity index (χ0) is 10.6. The summed E-state index contributed by atoms with van der Waals surface area (Å²) in [6.45, 7) is 7.11. The predicted molar refractivity (Wildman–Crippen MR) is 57.0 cm³/mol. The molecule has 0 bridgehead atoms. The molecule has 0 unspecified atom stereocenters. The van der Waals surface area contributed by atoms with Crippen LogP contribution in [0.15, 0.2) is 6.20 Å². The minimum Gasteiger partial charge on any atom is -0.330 e. The van der Waals surface area contributed by atoms with E-state index in [-0.39, 0.29) is 5.54 Å². The molecule has 0 aliphatic heterocycles. The fourth-order valence-electron chi connectivity index (χ4n) is 1.19. The normalized spacial score (nSPS) is 12.0. The Kier molecular flexibility index (Phi) is 3.63. The maximum Gasteiger partial charge on any atom is 0.0827 e. The molecule has 4 nitrogen and oxygen atoms in total. The lowest BCUT2D eigenvalue weighted by molar-refractivity contribution is 0.347. The molecule has 0 aliphatic carbocycles. The minimum absolute atomic E-state index is 0.0269. The SMILES string of the molecule is CC(C)(C)n1cc(CCCCN)nn1. The smallest absolute Gasteiger partial charge is 0.0827 e. The van der Waals surface area contributed by atoms with Crippen LogP contribution in [0.3, 0.4) is 0 Å². The van der Waals surface area contributed by atoms with E-state index in [9.17, 15) is 0 Å². The van der Waals surface area contributed by atoms with E-state index < -0.39 is 0 Å². The number of unbranched alkanes of at least 4 members (excludes halogenated alkanes) is 1. The van der Waals surface area contributed by atoms with E-state index in [2.05, 4.69) is 31.1 Å². The molecule has 1 aromatic rings. The third-order valence-electron chi connectivity index (χ3n) is 2.12. The third-order valence-corrected chi connectivity index (χ3v) is 2.12. The van der Waals surface area contributed by atoms with Crippen molar-refractivity contribution < 1.29 is 0 Å². The highest BCUT2D eigenvalue weighted by Crippen LogP contribution is 2.12. The van der Waals surface area contributed by atoms with E-state index in [1.807, 2.05) is 10.9 Å². The largest absolute Gasteiger partial charge is 0.330 e. The van der Waals surface area contributed by atoms with Crippen LogP contribution in [-0.2, 0) is 12.0 Å². The first kappa shape index (κ1) is 11.2. The van der Waals surface area contributed by atoms with Crippen LogP contribution in [0, 0.1) is 0 Å². The van der Waals surface area contributed by atoms with Crippen molar-refractivity contribution in [2.75, 3.05) is 6.54 Å². The van der Waals surface area contributed by atoms with Crippen LogP contribution in [0.2, 0.25) is 0 Å².